The topological polar surface area (TPSA) is 53.8 Å². The van der Waals surface area contributed by atoms with E-state index in [0.29, 0.717) is 5.69 Å². The van der Waals surface area contributed by atoms with Crippen molar-refractivity contribution in [1.29, 1.82) is 0 Å². The predicted molar refractivity (Wildman–Crippen MR) is 33.9 cm³/mol. The minimum atomic E-state index is -0.583. The lowest BCUT2D eigenvalue weighted by atomic mass is 10.3. The lowest BCUT2D eigenvalue weighted by molar-refractivity contribution is -0.118. The maximum atomic E-state index is 10.1. The van der Waals surface area contributed by atoms with Crippen LogP contribution in [-0.4, -0.2) is 10.9 Å². The second-order valence-corrected chi connectivity index (χ2v) is 2.30. The molecule has 1 amide bonds. The third kappa shape index (κ3) is 1.81. The zero-order chi connectivity index (χ0) is 6.69. The Kier molecular flexibility index (Phi) is 1.79. The fraction of sp³-hybridized carbons (Fsp3) is 0.200. The van der Waals surface area contributed by atoms with E-state index in [-0.39, 0.29) is 6.42 Å². The van der Waals surface area contributed by atoms with Crippen molar-refractivity contribution >= 4 is 17.2 Å². The molecule has 0 aliphatic rings. The van der Waals surface area contributed by atoms with E-state index in [1.54, 1.807) is 10.9 Å². The van der Waals surface area contributed by atoms with Crippen LogP contribution in [0.5, 0.6) is 0 Å². The Balaban J connectivity index is 2.58. The van der Waals surface area contributed by atoms with Crippen LogP contribution in [0.15, 0.2) is 10.9 Å². The zero-order valence-electron chi connectivity index (χ0n) is 4.63. The molecule has 4 heteroatoms. The van der Waals surface area contributed by atoms with Crippen LogP contribution in [0.4, 0.5) is 0 Å². The van der Waals surface area contributed by atoms with E-state index in [1.165, 1.54) is 11.3 Å². The summed E-state index contributed by atoms with van der Waals surface area (Å²) in [7, 11) is 0. The van der Waals surface area contributed by atoms with Crippen LogP contribution in [0.2, 0.25) is 0 Å². The first-order valence-electron chi connectivity index (χ1n) is 2.40. The van der Waals surface area contributed by atoms with E-state index >= 15 is 0 Å². The molecule has 1 aromatic rings. The number of aromatic nitrogens is 1. The lowest BCUT2D eigenvalue weighted by Gasteiger charge is -1.84. The highest BCUT2D eigenvalue weighted by Crippen LogP contribution is 2.00. The summed E-state index contributed by atoms with van der Waals surface area (Å²) in [5.74, 6) is -0.583. The summed E-state index contributed by atoms with van der Waals surface area (Å²) in [6.45, 7) is 0. The van der Waals surface area contributed by atoms with Gasteiger partial charge in [-0.15, -0.1) is 11.3 Å². The van der Waals surface area contributed by atoms with Gasteiger partial charge >= 0.3 is 0 Å². The highest BCUT2D eigenvalue weighted by molar-refractivity contribution is 7.07. The summed E-state index contributed by atoms with van der Waals surface area (Å²) in [4.78, 5) is 14.0. The standard InChI is InChI=1S/C5H5N2OS/c6-5(8)1-4-2-9-3-7-4/h2-3,6H,1H2. The molecule has 0 bridgehead atoms. The highest BCUT2D eigenvalue weighted by atomic mass is 32.1. The van der Waals surface area contributed by atoms with Crippen LogP contribution in [0.25, 0.3) is 0 Å². The number of carbonyl (C=O) groups excluding carboxylic acids is 1. The molecule has 1 heterocycles. The van der Waals surface area contributed by atoms with Crippen molar-refractivity contribution in [2.75, 3.05) is 0 Å². The first kappa shape index (κ1) is 6.22. The number of hydrogen-bond donors (Lipinski definition) is 0. The Morgan fingerprint density at radius 3 is 3.11 bits per heavy atom. The molecule has 0 atom stereocenters. The summed E-state index contributed by atoms with van der Waals surface area (Å²) in [5, 5.41) is 1.77. The second kappa shape index (κ2) is 2.59. The van der Waals surface area contributed by atoms with E-state index in [2.05, 4.69) is 4.98 Å². The molecule has 0 aliphatic carbocycles. The van der Waals surface area contributed by atoms with Gasteiger partial charge in [-0.05, 0) is 0 Å². The van der Waals surface area contributed by atoms with Gasteiger partial charge in [0.25, 0.3) is 0 Å². The third-order valence-corrected chi connectivity index (χ3v) is 1.46. The molecule has 1 rings (SSSR count). The molecule has 1 N–H and O–H groups in total. The van der Waals surface area contributed by atoms with Crippen LogP contribution < -0.4 is 5.73 Å². The summed E-state index contributed by atoms with van der Waals surface area (Å²) < 4.78 is 0. The molecule has 47 valence electrons. The molecule has 0 saturated carbocycles. The molecule has 3 nitrogen and oxygen atoms in total. The number of carbonyl (C=O) groups is 1. The van der Waals surface area contributed by atoms with Crippen molar-refractivity contribution in [1.82, 2.24) is 10.7 Å². The van der Waals surface area contributed by atoms with Crippen molar-refractivity contribution in [3.05, 3.63) is 16.6 Å². The third-order valence-electron chi connectivity index (χ3n) is 0.825. The van der Waals surface area contributed by atoms with Gasteiger partial charge in [0, 0.05) is 5.38 Å². The van der Waals surface area contributed by atoms with Crippen LogP contribution in [0.1, 0.15) is 5.69 Å². The monoisotopic (exact) mass is 141 g/mol. The van der Waals surface area contributed by atoms with Crippen molar-refractivity contribution in [3.8, 4) is 0 Å². The van der Waals surface area contributed by atoms with E-state index in [9.17, 15) is 4.79 Å². The number of hydrogen-bond acceptors (Lipinski definition) is 3. The molecule has 0 spiro atoms. The molecular weight excluding hydrogens is 136 g/mol. The molecule has 0 aromatic carbocycles. The molecule has 0 unspecified atom stereocenters. The average Bonchev–Trinajstić information content (AvgIpc) is 2.15. The first-order valence-corrected chi connectivity index (χ1v) is 3.35. The van der Waals surface area contributed by atoms with Crippen LogP contribution >= 0.6 is 11.3 Å². The number of amides is 1. The van der Waals surface area contributed by atoms with Crippen LogP contribution in [-0.2, 0) is 11.2 Å². The average molecular weight is 141 g/mol. The van der Waals surface area contributed by atoms with Gasteiger partial charge in [-0.1, -0.05) is 0 Å². The number of nitrogens with one attached hydrogen (secondary N) is 1. The predicted octanol–water partition coefficient (Wildman–Crippen LogP) is 0.495. The van der Waals surface area contributed by atoms with E-state index in [4.69, 9.17) is 5.73 Å². The largest absolute Gasteiger partial charge is 0.273 e. The Hall–Kier alpha value is -0.900. The Labute approximate surface area is 56.5 Å². The second-order valence-electron chi connectivity index (χ2n) is 1.58. The van der Waals surface area contributed by atoms with E-state index < -0.39 is 5.91 Å². The quantitative estimate of drug-likeness (QED) is 0.602. The molecule has 9 heavy (non-hydrogen) atoms. The van der Waals surface area contributed by atoms with E-state index in [0.717, 1.165) is 0 Å². The first-order chi connectivity index (χ1) is 4.29. The van der Waals surface area contributed by atoms with Crippen molar-refractivity contribution < 1.29 is 4.79 Å². The number of rotatable bonds is 2. The Morgan fingerprint density at radius 2 is 2.67 bits per heavy atom. The van der Waals surface area contributed by atoms with E-state index in [1.807, 2.05) is 0 Å². The Morgan fingerprint density at radius 1 is 1.89 bits per heavy atom. The molecule has 0 fully saturated rings. The highest BCUT2D eigenvalue weighted by Gasteiger charge is 1.98. The molecule has 0 saturated heterocycles. The maximum absolute atomic E-state index is 10.1. The van der Waals surface area contributed by atoms with Crippen molar-refractivity contribution in [2.24, 2.45) is 0 Å². The smallest absolute Gasteiger partial charge is 0.244 e. The normalized spacial score (nSPS) is 9.33. The lowest BCUT2D eigenvalue weighted by Crippen LogP contribution is -2.01. The van der Waals surface area contributed by atoms with Crippen LogP contribution in [0, 0.1) is 0 Å². The number of nitrogens with zero attached hydrogens (tertiary/aromatic N) is 1. The van der Waals surface area contributed by atoms with Gasteiger partial charge in [-0.3, -0.25) is 10.5 Å². The fourth-order valence-corrected chi connectivity index (χ4v) is 1.05. The SMILES string of the molecule is [NH]C(=O)Cc1cscn1. The van der Waals surface area contributed by atoms with Crippen molar-refractivity contribution in [3.63, 3.8) is 0 Å². The molecular formula is C5H5N2OS. The molecule has 1 aromatic heterocycles. The van der Waals surface area contributed by atoms with Gasteiger partial charge in [0.1, 0.15) is 0 Å². The minimum absolute atomic E-state index is 0.142. The Bertz CT molecular complexity index is 195. The maximum Gasteiger partial charge on any atom is 0.244 e. The van der Waals surface area contributed by atoms with Gasteiger partial charge in [-0.25, -0.2) is 4.98 Å². The van der Waals surface area contributed by atoms with Gasteiger partial charge in [0.15, 0.2) is 0 Å². The van der Waals surface area contributed by atoms with Crippen LogP contribution in [0.3, 0.4) is 0 Å². The van der Waals surface area contributed by atoms with Crippen molar-refractivity contribution in [2.45, 2.75) is 6.42 Å². The summed E-state index contributed by atoms with van der Waals surface area (Å²) >= 11 is 1.43. The summed E-state index contributed by atoms with van der Waals surface area (Å²) in [5.41, 5.74) is 8.93. The zero-order valence-corrected chi connectivity index (χ0v) is 5.44. The summed E-state index contributed by atoms with van der Waals surface area (Å²) in [6, 6.07) is 0. The minimum Gasteiger partial charge on any atom is -0.273 e. The number of thiazole rings is 1. The fourth-order valence-electron chi connectivity index (χ4n) is 0.489. The molecule has 0 aliphatic heterocycles. The van der Waals surface area contributed by atoms with Gasteiger partial charge in [-0.2, -0.15) is 0 Å². The van der Waals surface area contributed by atoms with Gasteiger partial charge < -0.3 is 0 Å². The van der Waals surface area contributed by atoms with Gasteiger partial charge in [0.05, 0.1) is 17.6 Å². The summed E-state index contributed by atoms with van der Waals surface area (Å²) in [6.07, 6.45) is 0.142. The molecule has 1 radical (unpaired) electrons. The van der Waals surface area contributed by atoms with Gasteiger partial charge in [0.2, 0.25) is 5.91 Å².